The molecule has 1 N–H and O–H groups in total. The Morgan fingerprint density at radius 3 is 2.56 bits per heavy atom. The summed E-state index contributed by atoms with van der Waals surface area (Å²) < 4.78 is 2.15. The zero-order valence-corrected chi connectivity index (χ0v) is 18.9. The molecule has 3 heterocycles. The standard InChI is InChI=1S/C27H26N4O/c1-5-18-11-12-23-20(15-18)27(26(32)30(23)6-2)29-21-10-8-7-9-19(21)25-28-22-13-16(3)17(4)14-24(22)31(25)27/h7-15,29H,5-6H2,1-4H3. The molecule has 0 bridgehead atoms. The Bertz CT molecular complexity index is 1430. The lowest BCUT2D eigenvalue weighted by Gasteiger charge is -2.38. The van der Waals surface area contributed by atoms with E-state index in [0.717, 1.165) is 45.8 Å². The second-order valence-electron chi connectivity index (χ2n) is 8.83. The molecule has 1 spiro atoms. The van der Waals surface area contributed by atoms with Gasteiger partial charge in [0.25, 0.3) is 5.91 Å². The molecule has 1 unspecified atom stereocenters. The van der Waals surface area contributed by atoms with Gasteiger partial charge in [-0.2, -0.15) is 0 Å². The first-order valence-electron chi connectivity index (χ1n) is 11.3. The summed E-state index contributed by atoms with van der Waals surface area (Å²) in [6.45, 7) is 9.02. The number of benzene rings is 3. The largest absolute Gasteiger partial charge is 0.350 e. The molecule has 1 amide bonds. The van der Waals surface area contributed by atoms with E-state index in [2.05, 4.69) is 67.1 Å². The number of carbonyl (C=O) groups excluding carboxylic acids is 1. The predicted octanol–water partition coefficient (Wildman–Crippen LogP) is 5.38. The molecular formula is C27H26N4O. The van der Waals surface area contributed by atoms with Gasteiger partial charge in [-0.3, -0.25) is 9.36 Å². The Morgan fingerprint density at radius 1 is 1.00 bits per heavy atom. The van der Waals surface area contributed by atoms with Crippen molar-refractivity contribution >= 4 is 28.3 Å². The van der Waals surface area contributed by atoms with Gasteiger partial charge >= 0.3 is 0 Å². The molecule has 0 aliphatic carbocycles. The van der Waals surface area contributed by atoms with Crippen LogP contribution in [0.25, 0.3) is 22.4 Å². The molecule has 4 aromatic rings. The molecule has 0 radical (unpaired) electrons. The minimum Gasteiger partial charge on any atom is -0.350 e. The molecule has 1 atom stereocenters. The third kappa shape index (κ3) is 2.23. The Balaban J connectivity index is 1.78. The molecule has 5 heteroatoms. The van der Waals surface area contributed by atoms with Gasteiger partial charge in [-0.1, -0.05) is 25.1 Å². The van der Waals surface area contributed by atoms with Gasteiger partial charge in [-0.15, -0.1) is 0 Å². The molecule has 1 aromatic heterocycles. The van der Waals surface area contributed by atoms with Crippen LogP contribution in [0.2, 0.25) is 0 Å². The van der Waals surface area contributed by atoms with Crippen molar-refractivity contribution < 1.29 is 4.79 Å². The number of carbonyl (C=O) groups is 1. The number of aromatic nitrogens is 2. The van der Waals surface area contributed by atoms with E-state index in [1.807, 2.05) is 30.0 Å². The summed E-state index contributed by atoms with van der Waals surface area (Å²) in [5.74, 6) is 0.870. The van der Waals surface area contributed by atoms with Gasteiger partial charge in [0.15, 0.2) is 0 Å². The number of amides is 1. The number of anilines is 2. The van der Waals surface area contributed by atoms with Gasteiger partial charge < -0.3 is 10.2 Å². The van der Waals surface area contributed by atoms with E-state index < -0.39 is 5.66 Å². The molecule has 2 aliphatic rings. The zero-order valence-electron chi connectivity index (χ0n) is 18.9. The normalized spacial score (nSPS) is 18.6. The van der Waals surface area contributed by atoms with Crippen LogP contribution >= 0.6 is 0 Å². The fourth-order valence-electron chi connectivity index (χ4n) is 5.29. The van der Waals surface area contributed by atoms with Crippen molar-refractivity contribution in [2.75, 3.05) is 16.8 Å². The zero-order chi connectivity index (χ0) is 22.2. The summed E-state index contributed by atoms with van der Waals surface area (Å²) in [6, 6.07) is 18.9. The van der Waals surface area contributed by atoms with Crippen molar-refractivity contribution in [1.82, 2.24) is 9.55 Å². The fraction of sp³-hybridized carbons (Fsp3) is 0.259. The van der Waals surface area contributed by atoms with Crippen LogP contribution < -0.4 is 10.2 Å². The third-order valence-corrected chi connectivity index (χ3v) is 7.11. The maximum Gasteiger partial charge on any atom is 0.279 e. The lowest BCUT2D eigenvalue weighted by Crippen LogP contribution is -2.53. The first kappa shape index (κ1) is 19.1. The van der Waals surface area contributed by atoms with Crippen LogP contribution in [0.3, 0.4) is 0 Å². The van der Waals surface area contributed by atoms with Crippen molar-refractivity contribution in [3.05, 3.63) is 76.9 Å². The number of para-hydroxylation sites is 1. The smallest absolute Gasteiger partial charge is 0.279 e. The van der Waals surface area contributed by atoms with Gasteiger partial charge in [-0.05, 0) is 80.3 Å². The molecule has 160 valence electrons. The quantitative estimate of drug-likeness (QED) is 0.472. The van der Waals surface area contributed by atoms with Gasteiger partial charge in [0.1, 0.15) is 5.82 Å². The van der Waals surface area contributed by atoms with Gasteiger partial charge in [0, 0.05) is 23.4 Å². The molecule has 0 fully saturated rings. The Labute approximate surface area is 187 Å². The molecule has 0 saturated carbocycles. The maximum atomic E-state index is 14.3. The summed E-state index contributed by atoms with van der Waals surface area (Å²) in [6.07, 6.45) is 0.913. The minimum absolute atomic E-state index is 0.0385. The minimum atomic E-state index is -1.06. The predicted molar refractivity (Wildman–Crippen MR) is 129 cm³/mol. The monoisotopic (exact) mass is 422 g/mol. The van der Waals surface area contributed by atoms with E-state index in [-0.39, 0.29) is 5.91 Å². The summed E-state index contributed by atoms with van der Waals surface area (Å²) in [4.78, 5) is 21.2. The highest BCUT2D eigenvalue weighted by atomic mass is 16.2. The molecule has 3 aromatic carbocycles. The number of nitrogens with zero attached hydrogens (tertiary/aromatic N) is 3. The van der Waals surface area contributed by atoms with Crippen molar-refractivity contribution in [2.24, 2.45) is 0 Å². The van der Waals surface area contributed by atoms with Crippen LogP contribution in [0.1, 0.15) is 36.1 Å². The average Bonchev–Trinajstić information content (AvgIpc) is 3.28. The molecule has 6 rings (SSSR count). The van der Waals surface area contributed by atoms with Crippen LogP contribution in [0.15, 0.2) is 54.6 Å². The lowest BCUT2D eigenvalue weighted by atomic mass is 9.93. The average molecular weight is 423 g/mol. The lowest BCUT2D eigenvalue weighted by molar-refractivity contribution is -0.123. The number of nitrogens with one attached hydrogen (secondary N) is 1. The summed E-state index contributed by atoms with van der Waals surface area (Å²) in [5, 5.41) is 3.69. The number of likely N-dealkylation sites (N-methyl/N-ethyl adjacent to an activating group) is 1. The van der Waals surface area contributed by atoms with Crippen LogP contribution in [0, 0.1) is 13.8 Å². The number of hydrogen-bond acceptors (Lipinski definition) is 3. The number of hydrogen-bond donors (Lipinski definition) is 1. The van der Waals surface area contributed by atoms with Crippen LogP contribution in [0.5, 0.6) is 0 Å². The second-order valence-corrected chi connectivity index (χ2v) is 8.83. The molecule has 2 aliphatic heterocycles. The number of imidazole rings is 1. The Kier molecular flexibility index (Phi) is 3.85. The Morgan fingerprint density at radius 2 is 1.78 bits per heavy atom. The van der Waals surface area contributed by atoms with Crippen molar-refractivity contribution in [2.45, 2.75) is 39.8 Å². The summed E-state index contributed by atoms with van der Waals surface area (Å²) >= 11 is 0. The maximum absolute atomic E-state index is 14.3. The van der Waals surface area contributed by atoms with Crippen LogP contribution in [-0.4, -0.2) is 22.0 Å². The van der Waals surface area contributed by atoms with Crippen LogP contribution in [0.4, 0.5) is 11.4 Å². The van der Waals surface area contributed by atoms with Gasteiger partial charge in [0.2, 0.25) is 5.66 Å². The summed E-state index contributed by atoms with van der Waals surface area (Å²) in [7, 11) is 0. The summed E-state index contributed by atoms with van der Waals surface area (Å²) in [5.41, 5.74) is 8.35. The number of fused-ring (bicyclic) bond motifs is 8. The van der Waals surface area contributed by atoms with E-state index in [1.165, 1.54) is 16.7 Å². The molecular weight excluding hydrogens is 396 g/mol. The third-order valence-electron chi connectivity index (χ3n) is 7.11. The topological polar surface area (TPSA) is 50.2 Å². The number of rotatable bonds is 2. The fourth-order valence-corrected chi connectivity index (χ4v) is 5.29. The molecule has 0 saturated heterocycles. The van der Waals surface area contributed by atoms with Crippen LogP contribution in [-0.2, 0) is 16.9 Å². The first-order chi connectivity index (χ1) is 15.5. The van der Waals surface area contributed by atoms with E-state index in [0.29, 0.717) is 6.54 Å². The van der Waals surface area contributed by atoms with E-state index in [4.69, 9.17) is 4.98 Å². The van der Waals surface area contributed by atoms with Crippen molar-refractivity contribution in [3.63, 3.8) is 0 Å². The number of aryl methyl sites for hydroxylation is 3. The Hall–Kier alpha value is -3.60. The van der Waals surface area contributed by atoms with Gasteiger partial charge in [0.05, 0.1) is 16.7 Å². The van der Waals surface area contributed by atoms with E-state index in [9.17, 15) is 4.79 Å². The highest BCUT2D eigenvalue weighted by Crippen LogP contribution is 2.51. The van der Waals surface area contributed by atoms with Crippen molar-refractivity contribution in [1.29, 1.82) is 0 Å². The van der Waals surface area contributed by atoms with Crippen molar-refractivity contribution in [3.8, 4) is 11.4 Å². The molecule has 32 heavy (non-hydrogen) atoms. The SMILES string of the molecule is CCc1ccc2c(c1)C1(Nc3ccccc3-c3nc4cc(C)c(C)cc4n31)C(=O)N2CC. The van der Waals surface area contributed by atoms with E-state index >= 15 is 0 Å². The highest BCUT2D eigenvalue weighted by Gasteiger charge is 2.56. The second kappa shape index (κ2) is 6.45. The highest BCUT2D eigenvalue weighted by molar-refractivity contribution is 6.12. The first-order valence-corrected chi connectivity index (χ1v) is 11.3. The van der Waals surface area contributed by atoms with E-state index in [1.54, 1.807) is 0 Å². The molecule has 5 nitrogen and oxygen atoms in total. The van der Waals surface area contributed by atoms with Gasteiger partial charge in [-0.25, -0.2) is 4.98 Å².